The maximum absolute atomic E-state index is 12.7. The number of hydrogen-bond donors (Lipinski definition) is 1. The largest absolute Gasteiger partial charge is 0.493 e. The summed E-state index contributed by atoms with van der Waals surface area (Å²) in [7, 11) is 3.07. The summed E-state index contributed by atoms with van der Waals surface area (Å²) in [6.45, 7) is 1.83. The first kappa shape index (κ1) is 23.7. The molecule has 1 atom stereocenters. The Morgan fingerprint density at radius 3 is 2.59 bits per heavy atom. The van der Waals surface area contributed by atoms with Gasteiger partial charge < -0.3 is 24.1 Å². The smallest absolute Gasteiger partial charge is 0.279 e. The maximum Gasteiger partial charge on any atom is 0.279 e. The highest BCUT2D eigenvalue weighted by Gasteiger charge is 2.16. The van der Waals surface area contributed by atoms with Crippen molar-refractivity contribution in [2.45, 2.75) is 25.5 Å². The van der Waals surface area contributed by atoms with Crippen LogP contribution in [0, 0.1) is 0 Å². The molecule has 0 bridgehead atoms. The molecule has 3 aromatic rings. The Morgan fingerprint density at radius 1 is 1.12 bits per heavy atom. The van der Waals surface area contributed by atoms with E-state index in [2.05, 4.69) is 10.3 Å². The molecule has 34 heavy (non-hydrogen) atoms. The zero-order chi connectivity index (χ0) is 23.9. The molecule has 4 rings (SSSR count). The second-order valence-electron chi connectivity index (χ2n) is 7.84. The van der Waals surface area contributed by atoms with Crippen LogP contribution in [-0.2, 0) is 11.3 Å². The van der Waals surface area contributed by atoms with Crippen molar-refractivity contribution in [3.63, 3.8) is 0 Å². The Morgan fingerprint density at radius 2 is 1.88 bits per heavy atom. The normalized spacial score (nSPS) is 15.8. The summed E-state index contributed by atoms with van der Waals surface area (Å²) in [6.07, 6.45) is 4.03. The third-order valence-electron chi connectivity index (χ3n) is 5.57. The van der Waals surface area contributed by atoms with E-state index in [1.54, 1.807) is 37.4 Å². The summed E-state index contributed by atoms with van der Waals surface area (Å²) >= 11 is 1.38. The van der Waals surface area contributed by atoms with E-state index in [4.69, 9.17) is 14.2 Å². The minimum absolute atomic E-state index is 0.110. The van der Waals surface area contributed by atoms with Crippen LogP contribution in [0.25, 0.3) is 0 Å². The molecule has 178 valence electrons. The molecule has 1 aliphatic rings. The Balaban J connectivity index is 1.43. The molecule has 1 N–H and O–H groups in total. The molecule has 1 fully saturated rings. The van der Waals surface area contributed by atoms with E-state index in [0.29, 0.717) is 40.5 Å². The number of amides is 2. The number of ether oxygens (including phenoxy) is 3. The minimum atomic E-state index is -0.365. The molecule has 9 heteroatoms. The lowest BCUT2D eigenvalue weighted by atomic mass is 10.1. The van der Waals surface area contributed by atoms with E-state index in [0.717, 1.165) is 25.0 Å². The molecule has 2 heterocycles. The number of methoxy groups -OCH3 is 2. The van der Waals surface area contributed by atoms with Crippen molar-refractivity contribution in [3.8, 4) is 11.5 Å². The number of rotatable bonds is 8. The van der Waals surface area contributed by atoms with Gasteiger partial charge in [0, 0.05) is 42.4 Å². The van der Waals surface area contributed by atoms with Gasteiger partial charge in [-0.2, -0.15) is 4.99 Å². The van der Waals surface area contributed by atoms with Gasteiger partial charge in [0.15, 0.2) is 16.3 Å². The quantitative estimate of drug-likeness (QED) is 0.533. The topological polar surface area (TPSA) is 91.2 Å². The van der Waals surface area contributed by atoms with Gasteiger partial charge in [0.25, 0.3) is 11.8 Å². The Bertz CT molecular complexity index is 1210. The number of hydrogen-bond acceptors (Lipinski definition) is 6. The minimum Gasteiger partial charge on any atom is -0.493 e. The number of aromatic nitrogens is 1. The first-order valence-electron chi connectivity index (χ1n) is 11.0. The summed E-state index contributed by atoms with van der Waals surface area (Å²) in [4.78, 5) is 30.0. The SMILES string of the molecule is COc1ccc(C(=O)N=c2sccn2Cc2ccc(C(=O)NC[C@H]3CCCO3)cc2)cc1OC. The Hall–Kier alpha value is -3.43. The molecule has 0 spiro atoms. The van der Waals surface area contributed by atoms with Gasteiger partial charge in [-0.05, 0) is 48.7 Å². The van der Waals surface area contributed by atoms with Crippen LogP contribution in [-0.4, -0.2) is 49.9 Å². The molecular weight excluding hydrogens is 454 g/mol. The van der Waals surface area contributed by atoms with Crippen molar-refractivity contribution >= 4 is 23.2 Å². The molecule has 1 aliphatic heterocycles. The van der Waals surface area contributed by atoms with E-state index >= 15 is 0 Å². The van der Waals surface area contributed by atoms with E-state index < -0.39 is 0 Å². The highest BCUT2D eigenvalue weighted by atomic mass is 32.1. The van der Waals surface area contributed by atoms with Gasteiger partial charge in [-0.3, -0.25) is 9.59 Å². The number of nitrogens with zero attached hydrogens (tertiary/aromatic N) is 2. The molecule has 2 aromatic carbocycles. The van der Waals surface area contributed by atoms with Crippen LogP contribution in [0.1, 0.15) is 39.1 Å². The zero-order valence-corrected chi connectivity index (χ0v) is 20.0. The van der Waals surface area contributed by atoms with Crippen molar-refractivity contribution in [1.82, 2.24) is 9.88 Å². The highest BCUT2D eigenvalue weighted by molar-refractivity contribution is 7.07. The third kappa shape index (κ3) is 5.73. The fourth-order valence-electron chi connectivity index (χ4n) is 3.70. The number of carbonyl (C=O) groups excluding carboxylic acids is 2. The molecule has 0 saturated carbocycles. The van der Waals surface area contributed by atoms with Gasteiger partial charge in [0.1, 0.15) is 0 Å². The molecule has 0 radical (unpaired) electrons. The lowest BCUT2D eigenvalue weighted by Crippen LogP contribution is -2.31. The predicted molar refractivity (Wildman–Crippen MR) is 129 cm³/mol. The van der Waals surface area contributed by atoms with Crippen molar-refractivity contribution in [1.29, 1.82) is 0 Å². The van der Waals surface area contributed by atoms with Crippen LogP contribution in [0.3, 0.4) is 0 Å². The van der Waals surface area contributed by atoms with Crippen molar-refractivity contribution in [2.24, 2.45) is 4.99 Å². The van der Waals surface area contributed by atoms with Gasteiger partial charge >= 0.3 is 0 Å². The second-order valence-corrected chi connectivity index (χ2v) is 8.72. The standard InChI is InChI=1S/C25H27N3O5S/c1-31-21-10-9-19(14-22(21)32-2)24(30)27-25-28(11-13-34-25)16-17-5-7-18(8-6-17)23(29)26-15-20-4-3-12-33-20/h5-11,13-14,20H,3-4,12,15-16H2,1-2H3,(H,26,29)/t20-/m1/s1. The fraction of sp³-hybridized carbons (Fsp3) is 0.320. The van der Waals surface area contributed by atoms with E-state index in [9.17, 15) is 9.59 Å². The summed E-state index contributed by atoms with van der Waals surface area (Å²) in [5, 5.41) is 4.81. The van der Waals surface area contributed by atoms with Gasteiger partial charge in [0.2, 0.25) is 0 Å². The molecule has 0 aliphatic carbocycles. The van der Waals surface area contributed by atoms with Gasteiger partial charge in [0.05, 0.1) is 20.3 Å². The zero-order valence-electron chi connectivity index (χ0n) is 19.2. The molecular formula is C25H27N3O5S. The fourth-order valence-corrected chi connectivity index (χ4v) is 4.43. The second kappa shape index (κ2) is 11.1. The van der Waals surface area contributed by atoms with E-state index in [1.165, 1.54) is 18.4 Å². The molecule has 2 amide bonds. The van der Waals surface area contributed by atoms with Crippen LogP contribution < -0.4 is 19.6 Å². The van der Waals surface area contributed by atoms with Crippen LogP contribution in [0.4, 0.5) is 0 Å². The van der Waals surface area contributed by atoms with Gasteiger partial charge in [-0.25, -0.2) is 0 Å². The summed E-state index contributed by atoms with van der Waals surface area (Å²) in [6, 6.07) is 12.4. The summed E-state index contributed by atoms with van der Waals surface area (Å²) < 4.78 is 17.9. The first-order chi connectivity index (χ1) is 16.6. The lowest BCUT2D eigenvalue weighted by Gasteiger charge is -2.11. The van der Waals surface area contributed by atoms with Gasteiger partial charge in [-0.15, -0.1) is 11.3 Å². The van der Waals surface area contributed by atoms with Gasteiger partial charge in [-0.1, -0.05) is 12.1 Å². The van der Waals surface area contributed by atoms with E-state index in [1.807, 2.05) is 28.3 Å². The first-order valence-corrected chi connectivity index (χ1v) is 11.9. The third-order valence-corrected chi connectivity index (χ3v) is 6.37. The number of nitrogens with one attached hydrogen (secondary N) is 1. The lowest BCUT2D eigenvalue weighted by molar-refractivity contribution is 0.0857. The molecule has 1 aromatic heterocycles. The number of benzene rings is 2. The van der Waals surface area contributed by atoms with Crippen LogP contribution in [0.5, 0.6) is 11.5 Å². The van der Waals surface area contributed by atoms with Crippen molar-refractivity contribution in [2.75, 3.05) is 27.4 Å². The van der Waals surface area contributed by atoms with Crippen LogP contribution in [0.2, 0.25) is 0 Å². The molecule has 0 unspecified atom stereocenters. The molecule has 1 saturated heterocycles. The number of carbonyl (C=O) groups is 2. The summed E-state index contributed by atoms with van der Waals surface area (Å²) in [5.74, 6) is 0.550. The average molecular weight is 482 g/mol. The van der Waals surface area contributed by atoms with E-state index in [-0.39, 0.29) is 17.9 Å². The van der Waals surface area contributed by atoms with Crippen LogP contribution in [0.15, 0.2) is 59.0 Å². The van der Waals surface area contributed by atoms with Crippen molar-refractivity contribution in [3.05, 3.63) is 75.5 Å². The highest BCUT2D eigenvalue weighted by Crippen LogP contribution is 2.27. The van der Waals surface area contributed by atoms with Crippen molar-refractivity contribution < 1.29 is 23.8 Å². The predicted octanol–water partition coefficient (Wildman–Crippen LogP) is 3.27. The Kier molecular flexibility index (Phi) is 7.76. The maximum atomic E-state index is 12.7. The average Bonchev–Trinajstić information content (AvgIpc) is 3.55. The Labute approximate surface area is 201 Å². The summed E-state index contributed by atoms with van der Waals surface area (Å²) in [5.41, 5.74) is 2.01. The number of thiazole rings is 1. The monoisotopic (exact) mass is 481 g/mol. The molecule has 8 nitrogen and oxygen atoms in total. The van der Waals surface area contributed by atoms with Crippen LogP contribution >= 0.6 is 11.3 Å².